The third-order valence-corrected chi connectivity index (χ3v) is 4.28. The van der Waals surface area contributed by atoms with Crippen molar-refractivity contribution in [1.82, 2.24) is 5.32 Å². The molecule has 0 saturated heterocycles. The van der Waals surface area contributed by atoms with E-state index in [2.05, 4.69) is 56.2 Å². The Hall–Kier alpha value is -0.710. The summed E-state index contributed by atoms with van der Waals surface area (Å²) in [7, 11) is 0. The zero-order valence-corrected chi connectivity index (χ0v) is 13.6. The lowest BCUT2D eigenvalue weighted by atomic mass is 10.1. The van der Waals surface area contributed by atoms with Gasteiger partial charge in [-0.2, -0.15) is 0 Å². The molecule has 0 aliphatic carbocycles. The summed E-state index contributed by atoms with van der Waals surface area (Å²) in [5.74, 6) is -0.212. The lowest BCUT2D eigenvalue weighted by Gasteiger charge is -2.15. The Morgan fingerprint density at radius 3 is 2.47 bits per heavy atom. The highest BCUT2D eigenvalue weighted by Gasteiger charge is 2.07. The number of rotatable bonds is 4. The molecule has 0 fully saturated rings. The number of benzene rings is 2. The number of hydrogen-bond donors (Lipinski definition) is 1. The van der Waals surface area contributed by atoms with Crippen LogP contribution in [0.3, 0.4) is 0 Å². The van der Waals surface area contributed by atoms with Gasteiger partial charge in [-0.3, -0.25) is 0 Å². The van der Waals surface area contributed by atoms with Crippen molar-refractivity contribution in [3.05, 3.63) is 68.4 Å². The second-order valence-corrected chi connectivity index (χ2v) is 6.16. The molecule has 0 spiro atoms. The third-order valence-electron chi connectivity index (χ3n) is 2.98. The topological polar surface area (TPSA) is 12.0 Å². The fraction of sp³-hybridized carbons (Fsp3) is 0.200. The molecule has 1 unspecified atom stereocenters. The molecule has 1 atom stereocenters. The van der Waals surface area contributed by atoms with Crippen molar-refractivity contribution in [3.63, 3.8) is 0 Å². The molecule has 2 rings (SSSR count). The molecule has 100 valence electrons. The molecule has 0 radical (unpaired) electrons. The van der Waals surface area contributed by atoms with Gasteiger partial charge in [0.05, 0.1) is 0 Å². The van der Waals surface area contributed by atoms with Gasteiger partial charge in [-0.05, 0) is 48.4 Å². The van der Waals surface area contributed by atoms with Gasteiger partial charge in [-0.15, -0.1) is 0 Å². The summed E-state index contributed by atoms with van der Waals surface area (Å²) < 4.78 is 15.2. The zero-order chi connectivity index (χ0) is 13.8. The highest BCUT2D eigenvalue weighted by Crippen LogP contribution is 2.20. The predicted octanol–water partition coefficient (Wildman–Crippen LogP) is 5.20. The normalized spacial score (nSPS) is 12.4. The van der Waals surface area contributed by atoms with Gasteiger partial charge < -0.3 is 5.32 Å². The van der Waals surface area contributed by atoms with Crippen LogP contribution in [-0.2, 0) is 6.54 Å². The minimum atomic E-state index is -0.212. The summed E-state index contributed by atoms with van der Waals surface area (Å²) in [6.07, 6.45) is 0. The van der Waals surface area contributed by atoms with Crippen molar-refractivity contribution < 1.29 is 4.39 Å². The van der Waals surface area contributed by atoms with Gasteiger partial charge in [0.1, 0.15) is 5.82 Å². The predicted molar refractivity (Wildman–Crippen MR) is 83.5 cm³/mol. The molecule has 0 saturated carbocycles. The second-order valence-electron chi connectivity index (χ2n) is 4.39. The van der Waals surface area contributed by atoms with Crippen LogP contribution in [-0.4, -0.2) is 0 Å². The van der Waals surface area contributed by atoms with Crippen LogP contribution >= 0.6 is 31.9 Å². The maximum Gasteiger partial charge on any atom is 0.123 e. The molecule has 0 aromatic heterocycles. The summed E-state index contributed by atoms with van der Waals surface area (Å²) in [6, 6.07) is 13.1. The molecular weight excluding hydrogens is 373 g/mol. The van der Waals surface area contributed by atoms with Crippen molar-refractivity contribution >= 4 is 31.9 Å². The van der Waals surface area contributed by atoms with Gasteiger partial charge in [-0.25, -0.2) is 4.39 Å². The van der Waals surface area contributed by atoms with Crippen molar-refractivity contribution in [2.24, 2.45) is 0 Å². The smallest absolute Gasteiger partial charge is 0.123 e. The van der Waals surface area contributed by atoms with Crippen molar-refractivity contribution in [3.8, 4) is 0 Å². The molecule has 19 heavy (non-hydrogen) atoms. The van der Waals surface area contributed by atoms with Crippen LogP contribution in [0.15, 0.2) is 51.4 Å². The van der Waals surface area contributed by atoms with Crippen LogP contribution in [0.5, 0.6) is 0 Å². The molecule has 0 aliphatic rings. The number of halogens is 3. The van der Waals surface area contributed by atoms with Gasteiger partial charge in [0, 0.05) is 21.5 Å². The quantitative estimate of drug-likeness (QED) is 0.761. The SMILES string of the molecule is CC(NCc1cc(F)ccc1Br)c1ccc(Br)cc1. The van der Waals surface area contributed by atoms with E-state index in [0.29, 0.717) is 6.54 Å². The van der Waals surface area contributed by atoms with E-state index >= 15 is 0 Å². The molecule has 2 aromatic rings. The molecule has 2 aromatic carbocycles. The first-order chi connectivity index (χ1) is 9.06. The average Bonchev–Trinajstić information content (AvgIpc) is 2.40. The summed E-state index contributed by atoms with van der Waals surface area (Å²) in [5, 5.41) is 3.39. The summed E-state index contributed by atoms with van der Waals surface area (Å²) in [6.45, 7) is 2.71. The molecular formula is C15H14Br2FN. The van der Waals surface area contributed by atoms with E-state index in [0.717, 1.165) is 14.5 Å². The molecule has 0 amide bonds. The first-order valence-corrected chi connectivity index (χ1v) is 7.57. The second kappa shape index (κ2) is 6.64. The van der Waals surface area contributed by atoms with E-state index in [-0.39, 0.29) is 11.9 Å². The van der Waals surface area contributed by atoms with E-state index in [9.17, 15) is 4.39 Å². The minimum Gasteiger partial charge on any atom is -0.306 e. The summed E-state index contributed by atoms with van der Waals surface area (Å²) >= 11 is 6.85. The average molecular weight is 387 g/mol. The minimum absolute atomic E-state index is 0.211. The first kappa shape index (κ1) is 14.7. The Labute approximate surface area is 129 Å². The van der Waals surface area contributed by atoms with E-state index in [1.807, 2.05) is 12.1 Å². The van der Waals surface area contributed by atoms with Gasteiger partial charge in [0.2, 0.25) is 0 Å². The molecule has 0 bridgehead atoms. The van der Waals surface area contributed by atoms with Crippen LogP contribution in [0.4, 0.5) is 4.39 Å². The van der Waals surface area contributed by atoms with E-state index < -0.39 is 0 Å². The third kappa shape index (κ3) is 4.13. The Morgan fingerprint density at radius 1 is 1.11 bits per heavy atom. The summed E-state index contributed by atoms with van der Waals surface area (Å²) in [4.78, 5) is 0. The van der Waals surface area contributed by atoms with E-state index in [1.54, 1.807) is 12.1 Å². The van der Waals surface area contributed by atoms with E-state index in [4.69, 9.17) is 0 Å². The highest BCUT2D eigenvalue weighted by atomic mass is 79.9. The van der Waals surface area contributed by atoms with Crippen molar-refractivity contribution in [2.75, 3.05) is 0 Å². The van der Waals surface area contributed by atoms with Gasteiger partial charge in [0.15, 0.2) is 0 Å². The Balaban J connectivity index is 2.02. The first-order valence-electron chi connectivity index (χ1n) is 5.99. The fourth-order valence-electron chi connectivity index (χ4n) is 1.81. The lowest BCUT2D eigenvalue weighted by molar-refractivity contribution is 0.568. The Bertz CT molecular complexity index is 555. The van der Waals surface area contributed by atoms with Crippen molar-refractivity contribution in [1.29, 1.82) is 0 Å². The van der Waals surface area contributed by atoms with Crippen LogP contribution < -0.4 is 5.32 Å². The van der Waals surface area contributed by atoms with Crippen LogP contribution in [0.25, 0.3) is 0 Å². The van der Waals surface area contributed by atoms with Crippen LogP contribution in [0, 0.1) is 5.82 Å². The van der Waals surface area contributed by atoms with E-state index in [1.165, 1.54) is 11.6 Å². The number of hydrogen-bond acceptors (Lipinski definition) is 1. The van der Waals surface area contributed by atoms with Crippen LogP contribution in [0.1, 0.15) is 24.1 Å². The largest absolute Gasteiger partial charge is 0.306 e. The standard InChI is InChI=1S/C15H14Br2FN/c1-10(11-2-4-13(16)5-3-11)19-9-12-8-14(18)6-7-15(12)17/h2-8,10,19H,9H2,1H3. The fourth-order valence-corrected chi connectivity index (χ4v) is 2.46. The molecule has 0 aliphatic heterocycles. The monoisotopic (exact) mass is 385 g/mol. The van der Waals surface area contributed by atoms with Gasteiger partial charge in [0.25, 0.3) is 0 Å². The lowest BCUT2D eigenvalue weighted by Crippen LogP contribution is -2.18. The maximum absolute atomic E-state index is 13.2. The van der Waals surface area contributed by atoms with Gasteiger partial charge in [-0.1, -0.05) is 44.0 Å². The highest BCUT2D eigenvalue weighted by molar-refractivity contribution is 9.10. The molecule has 1 N–H and O–H groups in total. The van der Waals surface area contributed by atoms with Gasteiger partial charge >= 0.3 is 0 Å². The Morgan fingerprint density at radius 2 is 1.79 bits per heavy atom. The van der Waals surface area contributed by atoms with Crippen LogP contribution in [0.2, 0.25) is 0 Å². The Kier molecular flexibility index (Phi) is 5.13. The zero-order valence-electron chi connectivity index (χ0n) is 10.5. The molecule has 0 heterocycles. The molecule has 4 heteroatoms. The van der Waals surface area contributed by atoms with Crippen molar-refractivity contribution in [2.45, 2.75) is 19.5 Å². The maximum atomic E-state index is 13.2. The number of nitrogens with one attached hydrogen (secondary N) is 1. The molecule has 1 nitrogen and oxygen atoms in total. The summed E-state index contributed by atoms with van der Waals surface area (Å²) in [5.41, 5.74) is 2.12.